The van der Waals surface area contributed by atoms with Crippen LogP contribution in [0.3, 0.4) is 0 Å². The SMILES string of the molecule is Br.Clc1cc(Cl)cc(Nc2nc(-c3ccccc3)cs2)c1. The fraction of sp³-hybridized carbons (Fsp3) is 0. The van der Waals surface area contributed by atoms with Crippen LogP contribution in [0.1, 0.15) is 0 Å². The Labute approximate surface area is 147 Å². The number of anilines is 2. The van der Waals surface area contributed by atoms with Crippen molar-refractivity contribution in [1.29, 1.82) is 0 Å². The smallest absolute Gasteiger partial charge is 0.187 e. The normalized spacial score (nSPS) is 10.0. The van der Waals surface area contributed by atoms with Crippen molar-refractivity contribution in [3.63, 3.8) is 0 Å². The first-order chi connectivity index (χ1) is 9.70. The predicted octanol–water partition coefficient (Wildman–Crippen LogP) is 6.44. The lowest BCUT2D eigenvalue weighted by Crippen LogP contribution is -1.89. The first-order valence-corrected chi connectivity index (χ1v) is 7.58. The number of hydrogen-bond acceptors (Lipinski definition) is 3. The van der Waals surface area contributed by atoms with Gasteiger partial charge in [-0.15, -0.1) is 28.3 Å². The molecule has 0 radical (unpaired) electrons. The number of benzene rings is 2. The van der Waals surface area contributed by atoms with Crippen molar-refractivity contribution < 1.29 is 0 Å². The van der Waals surface area contributed by atoms with E-state index in [0.29, 0.717) is 10.0 Å². The monoisotopic (exact) mass is 400 g/mol. The average molecular weight is 402 g/mol. The quantitative estimate of drug-likeness (QED) is 0.546. The Morgan fingerprint density at radius 3 is 2.29 bits per heavy atom. The molecule has 0 aliphatic heterocycles. The van der Waals surface area contributed by atoms with E-state index < -0.39 is 0 Å². The minimum atomic E-state index is 0. The van der Waals surface area contributed by atoms with Crippen molar-refractivity contribution in [1.82, 2.24) is 4.98 Å². The molecule has 6 heteroatoms. The van der Waals surface area contributed by atoms with Crippen LogP contribution in [0.15, 0.2) is 53.9 Å². The van der Waals surface area contributed by atoms with Crippen molar-refractivity contribution in [2.75, 3.05) is 5.32 Å². The highest BCUT2D eigenvalue weighted by Crippen LogP contribution is 2.29. The topological polar surface area (TPSA) is 24.9 Å². The van der Waals surface area contributed by atoms with E-state index >= 15 is 0 Å². The zero-order chi connectivity index (χ0) is 13.9. The molecule has 1 N–H and O–H groups in total. The predicted molar refractivity (Wildman–Crippen MR) is 97.6 cm³/mol. The summed E-state index contributed by atoms with van der Waals surface area (Å²) < 4.78 is 0. The van der Waals surface area contributed by atoms with Gasteiger partial charge < -0.3 is 5.32 Å². The molecule has 0 saturated heterocycles. The second-order valence-electron chi connectivity index (χ2n) is 4.19. The number of aromatic nitrogens is 1. The van der Waals surface area contributed by atoms with Gasteiger partial charge in [-0.2, -0.15) is 0 Å². The van der Waals surface area contributed by atoms with E-state index in [1.54, 1.807) is 17.4 Å². The third kappa shape index (κ3) is 4.20. The molecule has 2 nitrogen and oxygen atoms in total. The molecule has 3 rings (SSSR count). The second kappa shape index (κ2) is 7.27. The van der Waals surface area contributed by atoms with Crippen LogP contribution in [-0.2, 0) is 0 Å². The second-order valence-corrected chi connectivity index (χ2v) is 5.92. The molecule has 0 atom stereocenters. The van der Waals surface area contributed by atoms with Gasteiger partial charge in [0.25, 0.3) is 0 Å². The zero-order valence-electron chi connectivity index (χ0n) is 10.7. The molecule has 0 saturated carbocycles. The molecule has 0 aliphatic rings. The third-order valence-corrected chi connectivity index (χ3v) is 3.88. The van der Waals surface area contributed by atoms with Crippen LogP contribution in [0, 0.1) is 0 Å². The molecule has 0 bridgehead atoms. The maximum Gasteiger partial charge on any atom is 0.187 e. The van der Waals surface area contributed by atoms with Gasteiger partial charge in [0.1, 0.15) is 0 Å². The highest BCUT2D eigenvalue weighted by molar-refractivity contribution is 8.93. The van der Waals surface area contributed by atoms with E-state index in [2.05, 4.69) is 10.3 Å². The first kappa shape index (κ1) is 16.3. The highest BCUT2D eigenvalue weighted by atomic mass is 79.9. The van der Waals surface area contributed by atoms with E-state index in [-0.39, 0.29) is 17.0 Å². The zero-order valence-corrected chi connectivity index (χ0v) is 14.8. The van der Waals surface area contributed by atoms with E-state index in [4.69, 9.17) is 23.2 Å². The number of halogens is 3. The highest BCUT2D eigenvalue weighted by Gasteiger charge is 2.05. The van der Waals surface area contributed by atoms with Crippen LogP contribution < -0.4 is 5.32 Å². The fourth-order valence-electron chi connectivity index (χ4n) is 1.82. The summed E-state index contributed by atoms with van der Waals surface area (Å²) in [7, 11) is 0. The minimum absolute atomic E-state index is 0. The van der Waals surface area contributed by atoms with Crippen LogP contribution in [0.4, 0.5) is 10.8 Å². The summed E-state index contributed by atoms with van der Waals surface area (Å²) in [6, 6.07) is 15.4. The lowest BCUT2D eigenvalue weighted by molar-refractivity contribution is 1.38. The van der Waals surface area contributed by atoms with Gasteiger partial charge in [-0.1, -0.05) is 53.5 Å². The molecule has 21 heavy (non-hydrogen) atoms. The standard InChI is InChI=1S/C15H10Cl2N2S.BrH/c16-11-6-12(17)8-13(7-11)18-15-19-14(9-20-15)10-4-2-1-3-5-10;/h1-9H,(H,18,19);1H. The van der Waals surface area contributed by atoms with Crippen LogP contribution in [0.2, 0.25) is 10.0 Å². The average Bonchev–Trinajstić information content (AvgIpc) is 2.87. The molecular weight excluding hydrogens is 391 g/mol. The Bertz CT molecular complexity index is 711. The molecule has 3 aromatic rings. The van der Waals surface area contributed by atoms with E-state index in [1.165, 1.54) is 0 Å². The Morgan fingerprint density at radius 1 is 0.952 bits per heavy atom. The number of hydrogen-bond donors (Lipinski definition) is 1. The molecule has 0 amide bonds. The summed E-state index contributed by atoms with van der Waals surface area (Å²) in [6.45, 7) is 0. The van der Waals surface area contributed by atoms with Gasteiger partial charge in [-0.05, 0) is 18.2 Å². The molecule has 1 aromatic heterocycles. The van der Waals surface area contributed by atoms with Gasteiger partial charge in [-0.3, -0.25) is 0 Å². The summed E-state index contributed by atoms with van der Waals surface area (Å²) in [5.74, 6) is 0. The van der Waals surface area contributed by atoms with Crippen molar-refractivity contribution in [2.45, 2.75) is 0 Å². The molecule has 2 aromatic carbocycles. The summed E-state index contributed by atoms with van der Waals surface area (Å²) in [6.07, 6.45) is 0. The molecule has 0 aliphatic carbocycles. The minimum Gasteiger partial charge on any atom is -0.331 e. The van der Waals surface area contributed by atoms with E-state index in [9.17, 15) is 0 Å². The molecule has 0 spiro atoms. The molecule has 1 heterocycles. The van der Waals surface area contributed by atoms with Crippen molar-refractivity contribution >= 4 is 62.3 Å². The van der Waals surface area contributed by atoms with Crippen molar-refractivity contribution in [2.24, 2.45) is 0 Å². The van der Waals surface area contributed by atoms with Crippen LogP contribution in [-0.4, -0.2) is 4.98 Å². The molecule has 108 valence electrons. The lowest BCUT2D eigenvalue weighted by Gasteiger charge is -2.03. The number of thiazole rings is 1. The van der Waals surface area contributed by atoms with Crippen LogP contribution in [0.25, 0.3) is 11.3 Å². The fourth-order valence-corrected chi connectivity index (χ4v) is 3.09. The van der Waals surface area contributed by atoms with Gasteiger partial charge in [0.05, 0.1) is 5.69 Å². The molecule has 0 unspecified atom stereocenters. The Balaban J connectivity index is 0.00000161. The van der Waals surface area contributed by atoms with E-state index in [0.717, 1.165) is 22.1 Å². The van der Waals surface area contributed by atoms with Gasteiger partial charge in [0.2, 0.25) is 0 Å². The Morgan fingerprint density at radius 2 is 1.62 bits per heavy atom. The number of nitrogens with one attached hydrogen (secondary N) is 1. The number of rotatable bonds is 3. The first-order valence-electron chi connectivity index (χ1n) is 5.95. The van der Waals surface area contributed by atoms with E-state index in [1.807, 2.05) is 47.8 Å². The van der Waals surface area contributed by atoms with Gasteiger partial charge in [-0.25, -0.2) is 4.98 Å². The molecule has 0 fully saturated rings. The van der Waals surface area contributed by atoms with Gasteiger partial charge in [0, 0.05) is 26.7 Å². The molecular formula is C15H11BrCl2N2S. The Kier molecular flexibility index (Phi) is 5.65. The summed E-state index contributed by atoms with van der Waals surface area (Å²) in [5, 5.41) is 7.23. The largest absolute Gasteiger partial charge is 0.331 e. The van der Waals surface area contributed by atoms with Crippen LogP contribution >= 0.6 is 51.5 Å². The maximum absolute atomic E-state index is 5.98. The lowest BCUT2D eigenvalue weighted by atomic mass is 10.2. The van der Waals surface area contributed by atoms with Crippen molar-refractivity contribution in [3.05, 3.63) is 64.0 Å². The van der Waals surface area contributed by atoms with Crippen molar-refractivity contribution in [3.8, 4) is 11.3 Å². The summed E-state index contributed by atoms with van der Waals surface area (Å²) >= 11 is 13.5. The maximum atomic E-state index is 5.98. The Hall–Kier alpha value is -1.07. The summed E-state index contributed by atoms with van der Waals surface area (Å²) in [5.41, 5.74) is 2.88. The number of nitrogens with zero attached hydrogens (tertiary/aromatic N) is 1. The van der Waals surface area contributed by atoms with Gasteiger partial charge >= 0.3 is 0 Å². The summed E-state index contributed by atoms with van der Waals surface area (Å²) in [4.78, 5) is 4.56. The van der Waals surface area contributed by atoms with Crippen LogP contribution in [0.5, 0.6) is 0 Å². The van der Waals surface area contributed by atoms with Gasteiger partial charge in [0.15, 0.2) is 5.13 Å². The third-order valence-electron chi connectivity index (χ3n) is 2.69.